The molecule has 1 aliphatic rings. The van der Waals surface area contributed by atoms with Gasteiger partial charge in [-0.2, -0.15) is 5.10 Å². The largest absolute Gasteiger partial charge is 0.372 e. The highest BCUT2D eigenvalue weighted by Gasteiger charge is 2.21. The lowest BCUT2D eigenvalue weighted by Crippen LogP contribution is -2.25. The predicted molar refractivity (Wildman–Crippen MR) is 121 cm³/mol. The number of carbonyl (C=O) groups excluding carboxylic acids is 1. The number of carbonyl (C=O) groups is 1. The summed E-state index contributed by atoms with van der Waals surface area (Å²) < 4.78 is 2.20. The highest BCUT2D eigenvalue weighted by Crippen LogP contribution is 2.26. The maximum atomic E-state index is 12.9. The van der Waals surface area contributed by atoms with Crippen molar-refractivity contribution < 1.29 is 4.79 Å². The SMILES string of the molecule is CC(C(=O)Nc1ccc(N2CCCCCC2)cc1)n1c(-c2cccs2)n[nH]c1=S. The van der Waals surface area contributed by atoms with Crippen LogP contribution in [0.3, 0.4) is 0 Å². The minimum atomic E-state index is -0.483. The van der Waals surface area contributed by atoms with E-state index in [1.807, 2.05) is 36.6 Å². The topological polar surface area (TPSA) is 66.0 Å². The Bertz CT molecular complexity index is 999. The third-order valence-electron chi connectivity index (χ3n) is 5.32. The van der Waals surface area contributed by atoms with Crippen molar-refractivity contribution in [3.8, 4) is 10.7 Å². The number of nitrogens with one attached hydrogen (secondary N) is 2. The van der Waals surface area contributed by atoms with Gasteiger partial charge in [-0.15, -0.1) is 11.3 Å². The van der Waals surface area contributed by atoms with Crippen LogP contribution in [0.2, 0.25) is 0 Å². The van der Waals surface area contributed by atoms with Gasteiger partial charge in [0.1, 0.15) is 6.04 Å². The summed E-state index contributed by atoms with van der Waals surface area (Å²) >= 11 is 6.94. The molecule has 0 spiro atoms. The molecule has 0 aliphatic carbocycles. The molecule has 6 nitrogen and oxygen atoms in total. The van der Waals surface area contributed by atoms with Gasteiger partial charge < -0.3 is 10.2 Å². The van der Waals surface area contributed by atoms with Crippen molar-refractivity contribution in [3.05, 3.63) is 46.5 Å². The Labute approximate surface area is 179 Å². The maximum Gasteiger partial charge on any atom is 0.247 e. The summed E-state index contributed by atoms with van der Waals surface area (Å²) in [6.45, 7) is 4.04. The maximum absolute atomic E-state index is 12.9. The number of benzene rings is 1. The van der Waals surface area contributed by atoms with Crippen LogP contribution >= 0.6 is 23.6 Å². The van der Waals surface area contributed by atoms with E-state index >= 15 is 0 Å². The van der Waals surface area contributed by atoms with Gasteiger partial charge in [-0.25, -0.2) is 0 Å². The molecule has 1 aliphatic heterocycles. The number of amides is 1. The van der Waals surface area contributed by atoms with Gasteiger partial charge in [0.05, 0.1) is 4.88 Å². The molecule has 2 N–H and O–H groups in total. The molecule has 152 valence electrons. The number of nitrogens with zero attached hydrogens (tertiary/aromatic N) is 3. The van der Waals surface area contributed by atoms with E-state index in [4.69, 9.17) is 12.2 Å². The van der Waals surface area contributed by atoms with Crippen LogP contribution in [0.25, 0.3) is 10.7 Å². The monoisotopic (exact) mass is 427 g/mol. The summed E-state index contributed by atoms with van der Waals surface area (Å²) in [6, 6.07) is 11.6. The predicted octanol–water partition coefficient (Wildman–Crippen LogP) is 5.25. The minimum absolute atomic E-state index is 0.122. The first kappa shape index (κ1) is 19.8. The normalized spacial score (nSPS) is 15.7. The van der Waals surface area contributed by atoms with Crippen molar-refractivity contribution in [1.29, 1.82) is 0 Å². The van der Waals surface area contributed by atoms with Crippen LogP contribution in [0, 0.1) is 4.77 Å². The van der Waals surface area contributed by atoms with E-state index in [9.17, 15) is 4.79 Å². The van der Waals surface area contributed by atoms with E-state index in [1.165, 1.54) is 31.4 Å². The molecule has 1 amide bonds. The van der Waals surface area contributed by atoms with Crippen molar-refractivity contribution in [2.24, 2.45) is 0 Å². The molecule has 4 rings (SSSR count). The Morgan fingerprint density at radius 1 is 1.17 bits per heavy atom. The zero-order valence-electron chi connectivity index (χ0n) is 16.4. The van der Waals surface area contributed by atoms with Gasteiger partial charge >= 0.3 is 0 Å². The number of aromatic amines is 1. The highest BCUT2D eigenvalue weighted by atomic mass is 32.1. The van der Waals surface area contributed by atoms with Crippen LogP contribution in [0.1, 0.15) is 38.6 Å². The van der Waals surface area contributed by atoms with Gasteiger partial charge in [-0.3, -0.25) is 14.5 Å². The first-order valence-electron chi connectivity index (χ1n) is 10.00. The van der Waals surface area contributed by atoms with Crippen molar-refractivity contribution in [2.45, 2.75) is 38.6 Å². The van der Waals surface area contributed by atoms with Gasteiger partial charge in [0.15, 0.2) is 10.6 Å². The molecule has 3 aromatic rings. The van der Waals surface area contributed by atoms with E-state index in [-0.39, 0.29) is 5.91 Å². The fourth-order valence-electron chi connectivity index (χ4n) is 3.69. The Morgan fingerprint density at radius 2 is 1.90 bits per heavy atom. The fraction of sp³-hybridized carbons (Fsp3) is 0.381. The zero-order chi connectivity index (χ0) is 20.2. The number of aromatic nitrogens is 3. The van der Waals surface area contributed by atoms with E-state index in [0.717, 1.165) is 23.7 Å². The second-order valence-corrected chi connectivity index (χ2v) is 8.65. The summed E-state index contributed by atoms with van der Waals surface area (Å²) in [5, 5.41) is 12.1. The van der Waals surface area contributed by atoms with E-state index in [1.54, 1.807) is 15.9 Å². The quantitative estimate of drug-likeness (QED) is 0.546. The molecule has 1 saturated heterocycles. The Balaban J connectivity index is 1.47. The van der Waals surface area contributed by atoms with Gasteiger partial charge in [-0.1, -0.05) is 18.9 Å². The van der Waals surface area contributed by atoms with Crippen LogP contribution in [0.4, 0.5) is 11.4 Å². The van der Waals surface area contributed by atoms with Crippen molar-refractivity contribution >= 4 is 40.8 Å². The first-order chi connectivity index (χ1) is 14.1. The van der Waals surface area contributed by atoms with Gasteiger partial charge in [-0.05, 0) is 67.7 Å². The van der Waals surface area contributed by atoms with Gasteiger partial charge in [0.2, 0.25) is 5.91 Å². The summed E-state index contributed by atoms with van der Waals surface area (Å²) in [6.07, 6.45) is 5.11. The van der Waals surface area contributed by atoms with Crippen LogP contribution in [-0.2, 0) is 4.79 Å². The lowest BCUT2D eigenvalue weighted by atomic mass is 10.2. The Hall–Kier alpha value is -2.45. The average Bonchev–Trinajstić information content (AvgIpc) is 3.30. The zero-order valence-corrected chi connectivity index (χ0v) is 18.1. The molecule has 0 saturated carbocycles. The molecule has 0 bridgehead atoms. The lowest BCUT2D eigenvalue weighted by Gasteiger charge is -2.23. The molecule has 1 fully saturated rings. The Kier molecular flexibility index (Phi) is 6.10. The van der Waals surface area contributed by atoms with Crippen LogP contribution in [0.15, 0.2) is 41.8 Å². The number of thiophene rings is 1. The fourth-order valence-corrected chi connectivity index (χ4v) is 4.69. The summed E-state index contributed by atoms with van der Waals surface area (Å²) in [5.74, 6) is 0.562. The lowest BCUT2D eigenvalue weighted by molar-refractivity contribution is -0.118. The molecule has 1 aromatic carbocycles. The molecule has 1 atom stereocenters. The molecule has 1 unspecified atom stereocenters. The molecule has 2 aromatic heterocycles. The van der Waals surface area contributed by atoms with Gasteiger partial charge in [0, 0.05) is 24.5 Å². The van der Waals surface area contributed by atoms with Crippen LogP contribution in [-0.4, -0.2) is 33.8 Å². The summed E-state index contributed by atoms with van der Waals surface area (Å²) in [7, 11) is 0. The third-order valence-corrected chi connectivity index (χ3v) is 6.47. The second-order valence-electron chi connectivity index (χ2n) is 7.31. The van der Waals surface area contributed by atoms with E-state index < -0.39 is 6.04 Å². The molecule has 8 heteroatoms. The number of hydrogen-bond donors (Lipinski definition) is 2. The van der Waals surface area contributed by atoms with E-state index in [0.29, 0.717) is 10.6 Å². The second kappa shape index (κ2) is 8.92. The van der Waals surface area contributed by atoms with E-state index in [2.05, 4.69) is 32.5 Å². The Morgan fingerprint density at radius 3 is 2.55 bits per heavy atom. The van der Waals surface area contributed by atoms with Gasteiger partial charge in [0.25, 0.3) is 0 Å². The molecule has 0 radical (unpaired) electrons. The van der Waals surface area contributed by atoms with Crippen molar-refractivity contribution in [2.75, 3.05) is 23.3 Å². The number of anilines is 2. The molecular formula is C21H25N5OS2. The number of hydrogen-bond acceptors (Lipinski definition) is 5. The molecule has 29 heavy (non-hydrogen) atoms. The van der Waals surface area contributed by atoms with Crippen molar-refractivity contribution in [3.63, 3.8) is 0 Å². The molecule has 3 heterocycles. The minimum Gasteiger partial charge on any atom is -0.372 e. The number of H-pyrrole nitrogens is 1. The number of rotatable bonds is 5. The highest BCUT2D eigenvalue weighted by molar-refractivity contribution is 7.71. The van der Waals surface area contributed by atoms with Crippen LogP contribution < -0.4 is 10.2 Å². The summed E-state index contributed by atoms with van der Waals surface area (Å²) in [4.78, 5) is 16.3. The standard InChI is InChI=1S/C21H25N5OS2/c1-15(26-19(23-24-21(26)28)18-7-6-14-29-18)20(27)22-16-8-10-17(11-9-16)25-12-4-2-3-5-13-25/h6-11,14-15H,2-5,12-13H2,1H3,(H,22,27)(H,24,28). The summed E-state index contributed by atoms with van der Waals surface area (Å²) in [5.41, 5.74) is 2.00. The molecular weight excluding hydrogens is 402 g/mol. The van der Waals surface area contributed by atoms with Crippen molar-refractivity contribution in [1.82, 2.24) is 14.8 Å². The van der Waals surface area contributed by atoms with Crippen LogP contribution in [0.5, 0.6) is 0 Å². The average molecular weight is 428 g/mol. The first-order valence-corrected chi connectivity index (χ1v) is 11.3. The third kappa shape index (κ3) is 4.43. The smallest absolute Gasteiger partial charge is 0.247 e.